The number of anilines is 2. The molecule has 1 fully saturated rings. The third-order valence-corrected chi connectivity index (χ3v) is 8.54. The highest BCUT2D eigenvalue weighted by Gasteiger charge is 2.29. The predicted molar refractivity (Wildman–Crippen MR) is 152 cm³/mol. The Hall–Kier alpha value is -3.28. The lowest BCUT2D eigenvalue weighted by Crippen LogP contribution is -2.40. The fraction of sp³-hybridized carbons (Fsp3) is 0.370. The second-order valence-corrected chi connectivity index (χ2v) is 13.2. The number of carbonyl (C=O) groups excluding carboxylic acids is 2. The third kappa shape index (κ3) is 6.58. The van der Waals surface area contributed by atoms with Gasteiger partial charge in [-0.2, -0.15) is 0 Å². The van der Waals surface area contributed by atoms with Gasteiger partial charge in [0.05, 0.1) is 9.77 Å². The summed E-state index contributed by atoms with van der Waals surface area (Å²) in [7, 11) is -3.90. The van der Waals surface area contributed by atoms with Crippen molar-refractivity contribution in [3.63, 3.8) is 0 Å². The van der Waals surface area contributed by atoms with Crippen molar-refractivity contribution >= 4 is 44.7 Å². The molecule has 1 aliphatic rings. The molecule has 3 N–H and O–H groups in total. The van der Waals surface area contributed by atoms with E-state index in [-0.39, 0.29) is 22.9 Å². The molecule has 38 heavy (non-hydrogen) atoms. The quantitative estimate of drug-likeness (QED) is 0.370. The summed E-state index contributed by atoms with van der Waals surface area (Å²) in [5.74, 6) is -0.00965. The molecule has 0 unspecified atom stereocenters. The van der Waals surface area contributed by atoms with E-state index in [2.05, 4.69) is 20.3 Å². The van der Waals surface area contributed by atoms with Gasteiger partial charge in [-0.1, -0.05) is 6.07 Å². The summed E-state index contributed by atoms with van der Waals surface area (Å²) in [5.41, 5.74) is 1.89. The van der Waals surface area contributed by atoms with Gasteiger partial charge in [0.25, 0.3) is 0 Å². The Bertz CT molecular complexity index is 1440. The first-order chi connectivity index (χ1) is 17.8. The van der Waals surface area contributed by atoms with E-state index < -0.39 is 15.6 Å². The van der Waals surface area contributed by atoms with E-state index in [1.165, 1.54) is 11.3 Å². The number of nitrogens with zero attached hydrogens (tertiary/aromatic N) is 2. The first kappa shape index (κ1) is 27.7. The molecule has 1 aliphatic heterocycles. The van der Waals surface area contributed by atoms with E-state index in [1.807, 2.05) is 26.0 Å². The zero-order chi connectivity index (χ0) is 27.7. The molecule has 0 spiro atoms. The van der Waals surface area contributed by atoms with Crippen LogP contribution in [0.15, 0.2) is 53.6 Å². The SMILES string of the molecule is CC(C)NC(=O)Nc1ccc(-c2ncc(-c3ccc(N4CCCC4=O)cc3S(=O)(=O)NC(C)(C)C)s2)cc1. The van der Waals surface area contributed by atoms with Crippen LogP contribution in [-0.4, -0.2) is 43.5 Å². The van der Waals surface area contributed by atoms with Crippen molar-refractivity contribution in [2.24, 2.45) is 0 Å². The van der Waals surface area contributed by atoms with Crippen molar-refractivity contribution in [1.82, 2.24) is 15.0 Å². The molecular formula is C27H33N5O4S2. The van der Waals surface area contributed by atoms with Gasteiger partial charge in [-0.25, -0.2) is 22.9 Å². The zero-order valence-electron chi connectivity index (χ0n) is 22.2. The number of hydrogen-bond donors (Lipinski definition) is 3. The second kappa shape index (κ2) is 10.8. The molecule has 0 radical (unpaired) electrons. The average Bonchev–Trinajstić information content (AvgIpc) is 3.46. The third-order valence-electron chi connectivity index (χ3n) is 5.66. The summed E-state index contributed by atoms with van der Waals surface area (Å²) in [6.07, 6.45) is 2.87. The van der Waals surface area contributed by atoms with E-state index in [0.29, 0.717) is 39.8 Å². The minimum absolute atomic E-state index is 0.00965. The molecule has 3 aromatic rings. The van der Waals surface area contributed by atoms with Crippen LogP contribution in [0.2, 0.25) is 0 Å². The lowest BCUT2D eigenvalue weighted by atomic mass is 10.1. The number of nitrogens with one attached hydrogen (secondary N) is 3. The fourth-order valence-electron chi connectivity index (χ4n) is 4.14. The number of amides is 3. The average molecular weight is 556 g/mol. The molecule has 3 amide bonds. The Morgan fingerprint density at radius 2 is 1.82 bits per heavy atom. The smallest absolute Gasteiger partial charge is 0.319 e. The highest BCUT2D eigenvalue weighted by molar-refractivity contribution is 7.89. The van der Waals surface area contributed by atoms with Crippen LogP contribution < -0.4 is 20.3 Å². The van der Waals surface area contributed by atoms with Gasteiger partial charge in [0.1, 0.15) is 5.01 Å². The highest BCUT2D eigenvalue weighted by Crippen LogP contribution is 2.38. The zero-order valence-corrected chi connectivity index (χ0v) is 23.8. The van der Waals surface area contributed by atoms with Crippen LogP contribution in [0.5, 0.6) is 0 Å². The molecule has 2 heterocycles. The van der Waals surface area contributed by atoms with E-state index in [0.717, 1.165) is 12.0 Å². The van der Waals surface area contributed by atoms with E-state index >= 15 is 0 Å². The Balaban J connectivity index is 1.66. The summed E-state index contributed by atoms with van der Waals surface area (Å²) >= 11 is 1.37. The van der Waals surface area contributed by atoms with Crippen molar-refractivity contribution in [1.29, 1.82) is 0 Å². The number of aromatic nitrogens is 1. The molecule has 0 saturated carbocycles. The van der Waals surface area contributed by atoms with Gasteiger partial charge in [-0.05, 0) is 77.4 Å². The molecule has 1 aromatic heterocycles. The molecule has 11 heteroatoms. The molecule has 0 bridgehead atoms. The molecule has 2 aromatic carbocycles. The largest absolute Gasteiger partial charge is 0.336 e. The lowest BCUT2D eigenvalue weighted by Gasteiger charge is -2.23. The molecule has 9 nitrogen and oxygen atoms in total. The van der Waals surface area contributed by atoms with Gasteiger partial charge in [0.2, 0.25) is 15.9 Å². The standard InChI is InChI=1S/C27H33N5O4S2/c1-17(2)29-26(34)30-19-10-8-18(9-11-19)25-28-16-22(37-25)21-13-12-20(32-14-6-7-24(32)33)15-23(21)38(35,36)31-27(3,4)5/h8-13,15-17,31H,6-7,14H2,1-5H3,(H2,29,30,34). The first-order valence-corrected chi connectivity index (χ1v) is 14.7. The predicted octanol–water partition coefficient (Wildman–Crippen LogP) is 5.21. The van der Waals surface area contributed by atoms with Gasteiger partial charge in [0.15, 0.2) is 0 Å². The number of benzene rings is 2. The van der Waals surface area contributed by atoms with E-state index in [9.17, 15) is 18.0 Å². The molecule has 202 valence electrons. The molecular weight excluding hydrogens is 522 g/mol. The van der Waals surface area contributed by atoms with Gasteiger partial charge in [-0.3, -0.25) is 4.79 Å². The summed E-state index contributed by atoms with van der Waals surface area (Å²) in [5, 5.41) is 6.28. The van der Waals surface area contributed by atoms with Gasteiger partial charge in [-0.15, -0.1) is 11.3 Å². The number of thiazole rings is 1. The van der Waals surface area contributed by atoms with Crippen LogP contribution in [-0.2, 0) is 14.8 Å². The molecule has 1 saturated heterocycles. The monoisotopic (exact) mass is 555 g/mol. The highest BCUT2D eigenvalue weighted by atomic mass is 32.2. The summed E-state index contributed by atoms with van der Waals surface area (Å²) < 4.78 is 29.7. The minimum Gasteiger partial charge on any atom is -0.336 e. The first-order valence-electron chi connectivity index (χ1n) is 12.4. The molecule has 0 atom stereocenters. The Morgan fingerprint density at radius 3 is 2.42 bits per heavy atom. The molecule has 4 rings (SSSR count). The van der Waals surface area contributed by atoms with Crippen molar-refractivity contribution in [2.75, 3.05) is 16.8 Å². The normalized spacial score (nSPS) is 14.3. The van der Waals surface area contributed by atoms with Gasteiger partial charge >= 0.3 is 6.03 Å². The Labute approximate surface area is 227 Å². The van der Waals surface area contributed by atoms with Crippen molar-refractivity contribution < 1.29 is 18.0 Å². The Kier molecular flexibility index (Phi) is 7.91. The Morgan fingerprint density at radius 1 is 1.11 bits per heavy atom. The summed E-state index contributed by atoms with van der Waals surface area (Å²) in [6, 6.07) is 12.2. The second-order valence-electron chi connectivity index (χ2n) is 10.5. The van der Waals surface area contributed by atoms with Crippen LogP contribution in [0.1, 0.15) is 47.5 Å². The number of carbonyl (C=O) groups is 2. The minimum atomic E-state index is -3.90. The van der Waals surface area contributed by atoms with Gasteiger partial charge < -0.3 is 15.5 Å². The van der Waals surface area contributed by atoms with Crippen molar-refractivity contribution in [3.05, 3.63) is 48.7 Å². The van der Waals surface area contributed by atoms with Crippen LogP contribution in [0.25, 0.3) is 21.0 Å². The topological polar surface area (TPSA) is 120 Å². The van der Waals surface area contributed by atoms with Crippen molar-refractivity contribution in [3.8, 4) is 21.0 Å². The summed E-state index contributed by atoms with van der Waals surface area (Å²) in [6.45, 7) is 9.70. The van der Waals surface area contributed by atoms with Crippen LogP contribution in [0.3, 0.4) is 0 Å². The molecule has 0 aliphatic carbocycles. The van der Waals surface area contributed by atoms with E-state index in [1.54, 1.807) is 62.2 Å². The van der Waals surface area contributed by atoms with Crippen molar-refractivity contribution in [2.45, 2.75) is 63.9 Å². The maximum atomic E-state index is 13.5. The van der Waals surface area contributed by atoms with Crippen LogP contribution >= 0.6 is 11.3 Å². The number of hydrogen-bond acceptors (Lipinski definition) is 6. The van der Waals surface area contributed by atoms with Crippen LogP contribution in [0.4, 0.5) is 16.2 Å². The summed E-state index contributed by atoms with van der Waals surface area (Å²) in [4.78, 5) is 31.3. The number of sulfonamides is 1. The number of rotatable bonds is 7. The van der Waals surface area contributed by atoms with Gasteiger partial charge in [0, 0.05) is 53.2 Å². The lowest BCUT2D eigenvalue weighted by molar-refractivity contribution is -0.117. The number of urea groups is 1. The fourth-order valence-corrected chi connectivity index (χ4v) is 6.83. The van der Waals surface area contributed by atoms with Crippen LogP contribution in [0, 0.1) is 0 Å². The van der Waals surface area contributed by atoms with E-state index in [4.69, 9.17) is 0 Å². The maximum absolute atomic E-state index is 13.5. The maximum Gasteiger partial charge on any atom is 0.319 e.